The number of likely N-dealkylation sites (N-methyl/N-ethyl adjacent to an activating group) is 1. The average Bonchev–Trinajstić information content (AvgIpc) is 3.41. The Balaban J connectivity index is 1.39. The standard InChI is InChI=1S/C25H31N3O3S2/c1-14-26-22(33-27-14)32-13-16-12-23-7-8-25(16,30-4)21-24(23)9-10-28(2)18(23)11-15-5-6-17(29-3)20(31-21)19(15)24/h5-6,16,18,21H,7-13H2,1-4H3/t16-,18?,21-,23-,24+,25-/m1/s1. The van der Waals surface area contributed by atoms with E-state index in [1.165, 1.54) is 35.5 Å². The molecule has 3 heterocycles. The molecule has 0 N–H and O–H groups in total. The van der Waals surface area contributed by atoms with Crippen molar-refractivity contribution in [1.29, 1.82) is 0 Å². The second kappa shape index (κ2) is 6.86. The van der Waals surface area contributed by atoms with Crippen LogP contribution >= 0.6 is 23.3 Å². The van der Waals surface area contributed by atoms with Crippen LogP contribution in [-0.4, -0.2) is 65.6 Å². The minimum absolute atomic E-state index is 0.0242. The van der Waals surface area contributed by atoms with Gasteiger partial charge < -0.3 is 19.1 Å². The van der Waals surface area contributed by atoms with Crippen LogP contribution in [0.3, 0.4) is 0 Å². The highest BCUT2D eigenvalue weighted by Gasteiger charge is 2.80. The monoisotopic (exact) mass is 485 g/mol. The van der Waals surface area contributed by atoms with Crippen LogP contribution in [0.15, 0.2) is 16.5 Å². The Kier molecular flexibility index (Phi) is 4.36. The lowest BCUT2D eigenvalue weighted by molar-refractivity contribution is -0.271. The summed E-state index contributed by atoms with van der Waals surface area (Å²) in [5.74, 6) is 4.16. The van der Waals surface area contributed by atoms with Gasteiger partial charge in [-0.05, 0) is 75.8 Å². The molecule has 4 bridgehead atoms. The molecule has 6 aliphatic rings. The van der Waals surface area contributed by atoms with Gasteiger partial charge in [0.15, 0.2) is 15.8 Å². The molecule has 6 nitrogen and oxygen atoms in total. The Hall–Kier alpha value is -1.35. The Morgan fingerprint density at radius 3 is 2.91 bits per heavy atom. The Labute approximate surface area is 203 Å². The van der Waals surface area contributed by atoms with E-state index in [2.05, 4.69) is 33.4 Å². The minimum Gasteiger partial charge on any atom is -0.493 e. The molecule has 3 saturated carbocycles. The van der Waals surface area contributed by atoms with Gasteiger partial charge in [0.1, 0.15) is 17.5 Å². The van der Waals surface area contributed by atoms with Crippen LogP contribution in [0.5, 0.6) is 11.5 Å². The van der Waals surface area contributed by atoms with Crippen LogP contribution < -0.4 is 9.47 Å². The van der Waals surface area contributed by atoms with E-state index in [4.69, 9.17) is 14.2 Å². The second-order valence-electron chi connectivity index (χ2n) is 10.7. The number of hydrogen-bond donors (Lipinski definition) is 0. The highest BCUT2D eigenvalue weighted by atomic mass is 32.2. The van der Waals surface area contributed by atoms with Gasteiger partial charge in [0.25, 0.3) is 0 Å². The van der Waals surface area contributed by atoms with Gasteiger partial charge in [-0.1, -0.05) is 17.8 Å². The van der Waals surface area contributed by atoms with Crippen LogP contribution in [0.4, 0.5) is 0 Å². The van der Waals surface area contributed by atoms with Crippen molar-refractivity contribution in [1.82, 2.24) is 14.3 Å². The fraction of sp³-hybridized carbons (Fsp3) is 0.680. The molecule has 4 aliphatic carbocycles. The molecule has 1 unspecified atom stereocenters. The first-order valence-corrected chi connectivity index (χ1v) is 13.8. The van der Waals surface area contributed by atoms with E-state index in [9.17, 15) is 0 Å². The quantitative estimate of drug-likeness (QED) is 0.591. The third-order valence-corrected chi connectivity index (χ3v) is 12.0. The van der Waals surface area contributed by atoms with Gasteiger partial charge in [-0.25, -0.2) is 4.98 Å². The molecular weight excluding hydrogens is 454 g/mol. The molecular formula is C25H31N3O3S2. The molecule has 0 amide bonds. The topological polar surface area (TPSA) is 56.7 Å². The fourth-order valence-electron chi connectivity index (χ4n) is 8.68. The maximum absolute atomic E-state index is 7.04. The molecule has 2 aromatic rings. The van der Waals surface area contributed by atoms with Gasteiger partial charge in [-0.15, -0.1) is 0 Å². The molecule has 8 heteroatoms. The number of methoxy groups -OCH3 is 2. The lowest BCUT2D eigenvalue weighted by Gasteiger charge is -2.73. The number of ether oxygens (including phenoxy) is 3. The zero-order valence-corrected chi connectivity index (χ0v) is 21.4. The van der Waals surface area contributed by atoms with Crippen LogP contribution in [0.25, 0.3) is 0 Å². The molecule has 1 saturated heterocycles. The van der Waals surface area contributed by atoms with Crippen molar-refractivity contribution in [2.24, 2.45) is 11.3 Å². The number of hydrogen-bond acceptors (Lipinski definition) is 8. The van der Waals surface area contributed by atoms with E-state index >= 15 is 0 Å². The predicted octanol–water partition coefficient (Wildman–Crippen LogP) is 4.09. The number of aromatic nitrogens is 2. The highest BCUT2D eigenvalue weighted by Crippen LogP contribution is 2.76. The van der Waals surface area contributed by atoms with Gasteiger partial charge in [0.05, 0.1) is 7.11 Å². The maximum atomic E-state index is 7.04. The summed E-state index contributed by atoms with van der Waals surface area (Å²) in [4.78, 5) is 7.27. The molecule has 1 aromatic heterocycles. The lowest BCUT2D eigenvalue weighted by Crippen LogP contribution is -2.80. The first-order valence-electron chi connectivity index (χ1n) is 12.0. The summed E-state index contributed by atoms with van der Waals surface area (Å²) in [6, 6.07) is 4.97. The highest BCUT2D eigenvalue weighted by molar-refractivity contribution is 8.00. The fourth-order valence-corrected chi connectivity index (χ4v) is 10.6. The molecule has 6 atom stereocenters. The smallest absolute Gasteiger partial charge is 0.170 e. The molecule has 2 aliphatic heterocycles. The first kappa shape index (κ1) is 21.0. The average molecular weight is 486 g/mol. The summed E-state index contributed by atoms with van der Waals surface area (Å²) in [6.07, 6.45) is 5.75. The number of piperidine rings is 1. The lowest BCUT2D eigenvalue weighted by atomic mass is 9.35. The summed E-state index contributed by atoms with van der Waals surface area (Å²) < 4.78 is 24.9. The normalized spacial score (nSPS) is 39.9. The van der Waals surface area contributed by atoms with Gasteiger partial charge in [-0.2, -0.15) is 4.37 Å². The van der Waals surface area contributed by atoms with E-state index in [0.29, 0.717) is 12.0 Å². The number of nitrogens with zero attached hydrogens (tertiary/aromatic N) is 3. The van der Waals surface area contributed by atoms with E-state index in [-0.39, 0.29) is 22.5 Å². The summed E-state index contributed by atoms with van der Waals surface area (Å²) >= 11 is 3.36. The van der Waals surface area contributed by atoms with Crippen LogP contribution in [0, 0.1) is 18.3 Å². The third kappa shape index (κ3) is 2.34. The number of fused-ring (bicyclic) bond motifs is 2. The summed E-state index contributed by atoms with van der Waals surface area (Å²) in [7, 11) is 6.02. The van der Waals surface area contributed by atoms with Crippen molar-refractivity contribution >= 4 is 23.3 Å². The van der Waals surface area contributed by atoms with E-state index in [1.54, 1.807) is 7.11 Å². The first-order chi connectivity index (χ1) is 16.0. The number of thioether (sulfide) groups is 1. The Morgan fingerprint density at radius 2 is 2.15 bits per heavy atom. The summed E-state index contributed by atoms with van der Waals surface area (Å²) in [5.41, 5.74) is 2.88. The molecule has 176 valence electrons. The van der Waals surface area contributed by atoms with Gasteiger partial charge in [0, 0.05) is 41.2 Å². The van der Waals surface area contributed by atoms with Gasteiger partial charge in [0.2, 0.25) is 0 Å². The second-order valence-corrected chi connectivity index (χ2v) is 12.7. The van der Waals surface area contributed by atoms with Gasteiger partial charge in [-0.3, -0.25) is 0 Å². The largest absolute Gasteiger partial charge is 0.493 e. The van der Waals surface area contributed by atoms with Crippen molar-refractivity contribution in [3.63, 3.8) is 0 Å². The Morgan fingerprint density at radius 1 is 1.27 bits per heavy atom. The maximum Gasteiger partial charge on any atom is 0.170 e. The third-order valence-electron chi connectivity index (χ3n) is 9.89. The van der Waals surface area contributed by atoms with Crippen molar-refractivity contribution in [2.45, 2.75) is 66.5 Å². The van der Waals surface area contributed by atoms with Crippen LogP contribution in [0.2, 0.25) is 0 Å². The van der Waals surface area contributed by atoms with Gasteiger partial charge >= 0.3 is 0 Å². The molecule has 1 aromatic carbocycles. The van der Waals surface area contributed by atoms with Crippen molar-refractivity contribution in [3.05, 3.63) is 29.1 Å². The number of aryl methyl sites for hydroxylation is 1. The Bertz CT molecular complexity index is 1140. The van der Waals surface area contributed by atoms with Crippen molar-refractivity contribution in [3.8, 4) is 11.5 Å². The number of rotatable bonds is 5. The summed E-state index contributed by atoms with van der Waals surface area (Å²) in [6.45, 7) is 3.09. The molecule has 8 rings (SSSR count). The predicted molar refractivity (Wildman–Crippen MR) is 129 cm³/mol. The molecule has 4 fully saturated rings. The van der Waals surface area contributed by atoms with Crippen LogP contribution in [-0.2, 0) is 16.6 Å². The summed E-state index contributed by atoms with van der Waals surface area (Å²) in [5, 5.41) is 0. The number of benzene rings is 1. The zero-order valence-electron chi connectivity index (χ0n) is 19.7. The SMILES string of the molecule is COc1ccc2c3c1O[C@H]1[C@@]4(OC)CC[C@@]5(C[C@@H]4CSc4nc(C)ns4)C(C2)N(C)CC[C@]315. The van der Waals surface area contributed by atoms with E-state index in [1.807, 2.05) is 25.8 Å². The molecule has 33 heavy (non-hydrogen) atoms. The minimum atomic E-state index is -0.284. The van der Waals surface area contributed by atoms with Crippen molar-refractivity contribution < 1.29 is 14.2 Å². The molecule has 0 radical (unpaired) electrons. The van der Waals surface area contributed by atoms with E-state index in [0.717, 1.165) is 53.2 Å². The van der Waals surface area contributed by atoms with Crippen LogP contribution in [0.1, 0.15) is 42.6 Å². The number of likely N-dealkylation sites (tertiary alicyclic amines) is 1. The van der Waals surface area contributed by atoms with E-state index < -0.39 is 0 Å². The zero-order chi connectivity index (χ0) is 22.6. The van der Waals surface area contributed by atoms with Crippen molar-refractivity contribution in [2.75, 3.05) is 33.6 Å². The molecule has 2 spiro atoms.